The lowest BCUT2D eigenvalue weighted by molar-refractivity contribution is -0.129. The predicted molar refractivity (Wildman–Crippen MR) is 85.4 cm³/mol. The Hall–Kier alpha value is -1.92. The van der Waals surface area contributed by atoms with E-state index in [0.717, 1.165) is 18.9 Å². The smallest absolute Gasteiger partial charge is 0.358 e. The number of aromatic carboxylic acids is 1. The van der Waals surface area contributed by atoms with E-state index < -0.39 is 5.97 Å². The summed E-state index contributed by atoms with van der Waals surface area (Å²) in [5.74, 6) is 0.0282. The number of carbonyl (C=O) groups is 2. The molecule has 7 heteroatoms. The van der Waals surface area contributed by atoms with Crippen LogP contribution in [0, 0.1) is 17.3 Å². The van der Waals surface area contributed by atoms with Crippen LogP contribution < -0.4 is 5.32 Å². The van der Waals surface area contributed by atoms with E-state index in [0.29, 0.717) is 18.3 Å². The van der Waals surface area contributed by atoms with Crippen molar-refractivity contribution in [1.29, 1.82) is 0 Å². The maximum absolute atomic E-state index is 12.2. The van der Waals surface area contributed by atoms with Crippen molar-refractivity contribution < 1.29 is 14.7 Å². The maximum Gasteiger partial charge on any atom is 0.358 e. The molecular formula is C17H24N4O3. The van der Waals surface area contributed by atoms with E-state index in [4.69, 9.17) is 5.11 Å². The highest BCUT2D eigenvalue weighted by molar-refractivity contribution is 5.84. The Bertz CT molecular complexity index is 642. The van der Waals surface area contributed by atoms with Gasteiger partial charge in [-0.3, -0.25) is 4.79 Å². The second-order valence-corrected chi connectivity index (χ2v) is 7.90. The summed E-state index contributed by atoms with van der Waals surface area (Å²) >= 11 is 0. The maximum atomic E-state index is 12.2. The molecule has 0 radical (unpaired) electrons. The fourth-order valence-electron chi connectivity index (χ4n) is 4.83. The monoisotopic (exact) mass is 332 g/mol. The average molecular weight is 332 g/mol. The van der Waals surface area contributed by atoms with Crippen LogP contribution in [0.2, 0.25) is 0 Å². The van der Waals surface area contributed by atoms with Crippen LogP contribution in [0.4, 0.5) is 0 Å². The first kappa shape index (κ1) is 15.6. The van der Waals surface area contributed by atoms with E-state index in [1.807, 2.05) is 0 Å². The van der Waals surface area contributed by atoms with E-state index in [1.165, 1.54) is 38.3 Å². The van der Waals surface area contributed by atoms with Crippen LogP contribution in [0.5, 0.6) is 0 Å². The van der Waals surface area contributed by atoms with Gasteiger partial charge in [0.15, 0.2) is 5.69 Å². The lowest BCUT2D eigenvalue weighted by Crippen LogP contribution is -2.40. The van der Waals surface area contributed by atoms with Gasteiger partial charge < -0.3 is 10.4 Å². The number of fused-ring (bicyclic) bond motifs is 2. The molecule has 130 valence electrons. The minimum Gasteiger partial charge on any atom is -0.476 e. The Morgan fingerprint density at radius 1 is 1.33 bits per heavy atom. The SMILES string of the molecule is O=C(O)c1cn(C2CC(C(=O)NCCC34CCC(CC3)C4)C2)nn1. The summed E-state index contributed by atoms with van der Waals surface area (Å²) in [5.41, 5.74) is 0.474. The summed E-state index contributed by atoms with van der Waals surface area (Å²) in [7, 11) is 0. The minimum atomic E-state index is -1.07. The van der Waals surface area contributed by atoms with Gasteiger partial charge in [0.2, 0.25) is 5.91 Å². The van der Waals surface area contributed by atoms with Crippen molar-refractivity contribution >= 4 is 11.9 Å². The van der Waals surface area contributed by atoms with Crippen LogP contribution in [0.3, 0.4) is 0 Å². The van der Waals surface area contributed by atoms with E-state index >= 15 is 0 Å². The highest BCUT2D eigenvalue weighted by Gasteiger charge is 2.44. The first-order valence-electron chi connectivity index (χ1n) is 8.97. The Balaban J connectivity index is 1.20. The second kappa shape index (κ2) is 5.86. The number of carbonyl (C=O) groups excluding carboxylic acids is 1. The van der Waals surface area contributed by atoms with Gasteiger partial charge in [-0.25, -0.2) is 9.48 Å². The van der Waals surface area contributed by atoms with Gasteiger partial charge in [0.05, 0.1) is 12.2 Å². The Kier molecular flexibility index (Phi) is 3.81. The van der Waals surface area contributed by atoms with Gasteiger partial charge in [-0.1, -0.05) is 5.21 Å². The van der Waals surface area contributed by atoms with Gasteiger partial charge in [-0.05, 0) is 62.7 Å². The highest BCUT2D eigenvalue weighted by Crippen LogP contribution is 2.55. The largest absolute Gasteiger partial charge is 0.476 e. The van der Waals surface area contributed by atoms with Gasteiger partial charge in [-0.2, -0.15) is 0 Å². The Morgan fingerprint density at radius 3 is 2.67 bits per heavy atom. The summed E-state index contributed by atoms with van der Waals surface area (Å²) in [5, 5.41) is 19.4. The van der Waals surface area contributed by atoms with Crippen molar-refractivity contribution in [2.45, 2.75) is 57.4 Å². The molecule has 0 atom stereocenters. The van der Waals surface area contributed by atoms with Crippen LogP contribution >= 0.6 is 0 Å². The zero-order valence-electron chi connectivity index (χ0n) is 13.8. The van der Waals surface area contributed by atoms with Gasteiger partial charge in [0.25, 0.3) is 0 Å². The molecule has 1 aromatic heterocycles. The molecule has 0 aliphatic heterocycles. The third-order valence-electron chi connectivity index (χ3n) is 6.43. The summed E-state index contributed by atoms with van der Waals surface area (Å²) < 4.78 is 1.57. The predicted octanol–water partition coefficient (Wildman–Crippen LogP) is 2.01. The number of amides is 1. The van der Waals surface area contributed by atoms with Crippen LogP contribution in [0.25, 0.3) is 0 Å². The third kappa shape index (κ3) is 2.80. The molecule has 4 rings (SSSR count). The van der Waals surface area contributed by atoms with Crippen molar-refractivity contribution in [3.05, 3.63) is 11.9 Å². The molecule has 1 heterocycles. The van der Waals surface area contributed by atoms with Crippen molar-refractivity contribution in [2.75, 3.05) is 6.54 Å². The number of hydrogen-bond donors (Lipinski definition) is 2. The fourth-order valence-corrected chi connectivity index (χ4v) is 4.83. The van der Waals surface area contributed by atoms with Gasteiger partial charge >= 0.3 is 5.97 Å². The number of nitrogens with one attached hydrogen (secondary N) is 1. The molecule has 24 heavy (non-hydrogen) atoms. The zero-order valence-corrected chi connectivity index (χ0v) is 13.8. The molecule has 3 aliphatic carbocycles. The lowest BCUT2D eigenvalue weighted by Gasteiger charge is -2.34. The van der Waals surface area contributed by atoms with E-state index in [1.54, 1.807) is 4.68 Å². The zero-order chi connectivity index (χ0) is 16.7. The number of nitrogens with zero attached hydrogens (tertiary/aromatic N) is 3. The first-order chi connectivity index (χ1) is 11.5. The number of carboxylic acid groups (broad SMARTS) is 1. The molecule has 0 spiro atoms. The number of rotatable bonds is 6. The van der Waals surface area contributed by atoms with Crippen LogP contribution in [0.15, 0.2) is 6.20 Å². The molecule has 3 aliphatic rings. The number of hydrogen-bond acceptors (Lipinski definition) is 4. The van der Waals surface area contributed by atoms with E-state index in [-0.39, 0.29) is 23.6 Å². The van der Waals surface area contributed by atoms with Crippen molar-refractivity contribution in [3.63, 3.8) is 0 Å². The summed E-state index contributed by atoms with van der Waals surface area (Å²) in [6, 6.07) is 0.0883. The topological polar surface area (TPSA) is 97.1 Å². The molecule has 0 unspecified atom stereocenters. The molecular weight excluding hydrogens is 308 g/mol. The highest BCUT2D eigenvalue weighted by atomic mass is 16.4. The van der Waals surface area contributed by atoms with Crippen LogP contribution in [-0.4, -0.2) is 38.5 Å². The molecule has 3 fully saturated rings. The fraction of sp³-hybridized carbons (Fsp3) is 0.765. The van der Waals surface area contributed by atoms with Crippen LogP contribution in [-0.2, 0) is 4.79 Å². The molecule has 1 aromatic rings. The van der Waals surface area contributed by atoms with E-state index in [9.17, 15) is 9.59 Å². The third-order valence-corrected chi connectivity index (χ3v) is 6.43. The van der Waals surface area contributed by atoms with Crippen molar-refractivity contribution in [3.8, 4) is 0 Å². The Morgan fingerprint density at radius 2 is 2.08 bits per heavy atom. The molecule has 3 saturated carbocycles. The molecule has 2 N–H and O–H groups in total. The van der Waals surface area contributed by atoms with Crippen molar-refractivity contribution in [2.24, 2.45) is 17.3 Å². The molecule has 1 amide bonds. The quantitative estimate of drug-likeness (QED) is 0.830. The standard InChI is InChI=1S/C17H24N4O3/c22-15(18-6-5-17-3-1-11(9-17)2-4-17)12-7-13(8-12)21-10-14(16(23)24)19-20-21/h10-13H,1-9H2,(H,18,22)(H,23,24). The summed E-state index contributed by atoms with van der Waals surface area (Å²) in [6.45, 7) is 0.791. The van der Waals surface area contributed by atoms with Crippen molar-refractivity contribution in [1.82, 2.24) is 20.3 Å². The molecule has 2 bridgehead atoms. The first-order valence-corrected chi connectivity index (χ1v) is 8.97. The summed E-state index contributed by atoms with van der Waals surface area (Å²) in [6.07, 6.45) is 10.8. The Labute approximate surface area is 140 Å². The lowest BCUT2D eigenvalue weighted by atomic mass is 9.79. The van der Waals surface area contributed by atoms with E-state index in [2.05, 4.69) is 15.6 Å². The molecule has 0 saturated heterocycles. The molecule has 7 nitrogen and oxygen atoms in total. The normalized spacial score (nSPS) is 34.1. The van der Waals surface area contributed by atoms with Gasteiger partial charge in [0.1, 0.15) is 0 Å². The van der Waals surface area contributed by atoms with Gasteiger partial charge in [0, 0.05) is 12.5 Å². The number of carboxylic acids is 1. The average Bonchev–Trinajstić information content (AvgIpc) is 3.20. The summed E-state index contributed by atoms with van der Waals surface area (Å²) in [4.78, 5) is 23.1. The second-order valence-electron chi connectivity index (χ2n) is 7.90. The van der Waals surface area contributed by atoms with Crippen LogP contribution in [0.1, 0.15) is 67.9 Å². The number of aromatic nitrogens is 3. The minimum absolute atomic E-state index is 0.0184. The molecule has 0 aromatic carbocycles. The van der Waals surface area contributed by atoms with Gasteiger partial charge in [-0.15, -0.1) is 5.10 Å².